The Balaban J connectivity index is 1.76. The first-order chi connectivity index (χ1) is 11.5. The Hall–Kier alpha value is -2.30. The standard InChI is InChI=1S/C14H16F3N3O4S/c15-14(16,17)9-1-3-10(4-2-9)20-13(22)18-7-12(21)19-11-5-6-25(23,24)8-11/h1-4,11H,5-8H2,(H,19,21)(H2,18,20,22). The SMILES string of the molecule is O=C(CNC(=O)Nc1ccc(C(F)(F)F)cc1)NC1CCS(=O)(=O)C1. The largest absolute Gasteiger partial charge is 0.416 e. The highest BCUT2D eigenvalue weighted by Gasteiger charge is 2.30. The molecule has 0 bridgehead atoms. The average Bonchev–Trinajstić information content (AvgIpc) is 2.83. The number of halogens is 3. The summed E-state index contributed by atoms with van der Waals surface area (Å²) in [5.41, 5.74) is -0.711. The first-order valence-electron chi connectivity index (χ1n) is 7.27. The first-order valence-corrected chi connectivity index (χ1v) is 9.09. The second kappa shape index (κ2) is 7.30. The Morgan fingerprint density at radius 2 is 1.80 bits per heavy atom. The summed E-state index contributed by atoms with van der Waals surface area (Å²) >= 11 is 0. The molecular weight excluding hydrogens is 363 g/mol. The van der Waals surface area contributed by atoms with Crippen LogP contribution in [-0.2, 0) is 20.8 Å². The zero-order chi connectivity index (χ0) is 18.7. The number of hydrogen-bond acceptors (Lipinski definition) is 4. The van der Waals surface area contributed by atoms with E-state index in [1.54, 1.807) is 0 Å². The highest BCUT2D eigenvalue weighted by molar-refractivity contribution is 7.91. The van der Waals surface area contributed by atoms with Crippen molar-refractivity contribution in [3.63, 3.8) is 0 Å². The molecule has 1 heterocycles. The fraction of sp³-hybridized carbons (Fsp3) is 0.429. The summed E-state index contributed by atoms with van der Waals surface area (Å²) in [7, 11) is -3.12. The molecule has 1 fully saturated rings. The molecular formula is C14H16F3N3O4S. The lowest BCUT2D eigenvalue weighted by molar-refractivity contribution is -0.137. The lowest BCUT2D eigenvalue weighted by Crippen LogP contribution is -2.43. The molecule has 0 saturated carbocycles. The van der Waals surface area contributed by atoms with Crippen molar-refractivity contribution in [1.82, 2.24) is 10.6 Å². The molecule has 0 aliphatic carbocycles. The highest BCUT2D eigenvalue weighted by atomic mass is 32.2. The van der Waals surface area contributed by atoms with Crippen molar-refractivity contribution in [2.75, 3.05) is 23.4 Å². The highest BCUT2D eigenvalue weighted by Crippen LogP contribution is 2.29. The van der Waals surface area contributed by atoms with Crippen LogP contribution in [-0.4, -0.2) is 44.4 Å². The number of sulfone groups is 1. The Kier molecular flexibility index (Phi) is 5.55. The summed E-state index contributed by atoms with van der Waals surface area (Å²) in [5.74, 6) is -0.666. The molecule has 0 spiro atoms. The number of rotatable bonds is 4. The van der Waals surface area contributed by atoms with E-state index in [9.17, 15) is 31.2 Å². The van der Waals surface area contributed by atoms with Crippen molar-refractivity contribution in [2.45, 2.75) is 18.6 Å². The number of hydrogen-bond donors (Lipinski definition) is 3. The van der Waals surface area contributed by atoms with Crippen LogP contribution in [0.4, 0.5) is 23.7 Å². The van der Waals surface area contributed by atoms with Crippen molar-refractivity contribution < 1.29 is 31.2 Å². The Bertz CT molecular complexity index is 748. The smallest absolute Gasteiger partial charge is 0.351 e. The molecule has 3 N–H and O–H groups in total. The summed E-state index contributed by atoms with van der Waals surface area (Å²) in [4.78, 5) is 23.3. The van der Waals surface area contributed by atoms with E-state index in [4.69, 9.17) is 0 Å². The molecule has 25 heavy (non-hydrogen) atoms. The van der Waals surface area contributed by atoms with Gasteiger partial charge in [0.25, 0.3) is 0 Å². The molecule has 1 aliphatic rings. The van der Waals surface area contributed by atoms with Gasteiger partial charge >= 0.3 is 12.2 Å². The summed E-state index contributed by atoms with van der Waals surface area (Å²) in [6.45, 7) is -0.386. The second-order valence-electron chi connectivity index (χ2n) is 5.55. The third-order valence-electron chi connectivity index (χ3n) is 3.48. The van der Waals surface area contributed by atoms with Crippen LogP contribution in [0.5, 0.6) is 0 Å². The van der Waals surface area contributed by atoms with Gasteiger partial charge in [0, 0.05) is 11.7 Å². The van der Waals surface area contributed by atoms with Crippen LogP contribution in [0.2, 0.25) is 0 Å². The maximum atomic E-state index is 12.4. The van der Waals surface area contributed by atoms with E-state index in [1.807, 2.05) is 0 Å². The molecule has 1 aromatic rings. The Labute approximate surface area is 141 Å². The van der Waals surface area contributed by atoms with Crippen molar-refractivity contribution >= 4 is 27.5 Å². The third-order valence-corrected chi connectivity index (χ3v) is 5.25. The fourth-order valence-electron chi connectivity index (χ4n) is 2.27. The predicted octanol–water partition coefficient (Wildman–Crippen LogP) is 1.13. The lowest BCUT2D eigenvalue weighted by Gasteiger charge is -2.12. The summed E-state index contributed by atoms with van der Waals surface area (Å²) in [5, 5.41) is 7.02. The average molecular weight is 379 g/mol. The number of carbonyl (C=O) groups excluding carboxylic acids is 2. The van der Waals surface area contributed by atoms with Crippen LogP contribution in [0.15, 0.2) is 24.3 Å². The van der Waals surface area contributed by atoms with Gasteiger partial charge in [-0.3, -0.25) is 4.79 Å². The topological polar surface area (TPSA) is 104 Å². The van der Waals surface area contributed by atoms with Crippen molar-refractivity contribution in [3.8, 4) is 0 Å². The van der Waals surface area contributed by atoms with Gasteiger partial charge in [-0.05, 0) is 30.7 Å². The lowest BCUT2D eigenvalue weighted by atomic mass is 10.2. The molecule has 1 atom stereocenters. The van der Waals surface area contributed by atoms with E-state index >= 15 is 0 Å². The number of benzene rings is 1. The van der Waals surface area contributed by atoms with Gasteiger partial charge in [-0.15, -0.1) is 0 Å². The fourth-order valence-corrected chi connectivity index (χ4v) is 3.94. The zero-order valence-electron chi connectivity index (χ0n) is 12.9. The molecule has 0 aromatic heterocycles. The van der Waals surface area contributed by atoms with Crippen molar-refractivity contribution in [3.05, 3.63) is 29.8 Å². The van der Waals surface area contributed by atoms with Gasteiger partial charge in [0.05, 0.1) is 23.6 Å². The molecule has 7 nitrogen and oxygen atoms in total. The van der Waals surface area contributed by atoms with Crippen LogP contribution >= 0.6 is 0 Å². The van der Waals surface area contributed by atoms with E-state index in [2.05, 4.69) is 16.0 Å². The molecule has 138 valence electrons. The number of anilines is 1. The molecule has 0 radical (unpaired) electrons. The van der Waals surface area contributed by atoms with Crippen LogP contribution in [0.25, 0.3) is 0 Å². The Morgan fingerprint density at radius 1 is 1.16 bits per heavy atom. The molecule has 1 aromatic carbocycles. The van der Waals surface area contributed by atoms with E-state index in [-0.39, 0.29) is 23.7 Å². The quantitative estimate of drug-likeness (QED) is 0.729. The van der Waals surface area contributed by atoms with Crippen molar-refractivity contribution in [1.29, 1.82) is 0 Å². The minimum atomic E-state index is -4.47. The molecule has 1 unspecified atom stereocenters. The van der Waals surface area contributed by atoms with Gasteiger partial charge in [0.2, 0.25) is 5.91 Å². The van der Waals surface area contributed by atoms with Crippen LogP contribution in [0.3, 0.4) is 0 Å². The minimum absolute atomic E-state index is 0.0137. The molecule has 2 rings (SSSR count). The second-order valence-corrected chi connectivity index (χ2v) is 7.78. The van der Waals surface area contributed by atoms with Crippen LogP contribution in [0, 0.1) is 0 Å². The molecule has 3 amide bonds. The number of amides is 3. The van der Waals surface area contributed by atoms with Crippen molar-refractivity contribution in [2.24, 2.45) is 0 Å². The minimum Gasteiger partial charge on any atom is -0.351 e. The summed E-state index contributed by atoms with van der Waals surface area (Å²) < 4.78 is 59.8. The van der Waals surface area contributed by atoms with Gasteiger partial charge in [0.1, 0.15) is 0 Å². The van der Waals surface area contributed by atoms with Crippen LogP contribution in [0.1, 0.15) is 12.0 Å². The number of urea groups is 1. The normalized spacial score (nSPS) is 19.2. The third kappa shape index (κ3) is 5.93. The zero-order valence-corrected chi connectivity index (χ0v) is 13.7. The van der Waals surface area contributed by atoms with E-state index < -0.39 is 39.6 Å². The molecule has 1 aliphatic heterocycles. The van der Waals surface area contributed by atoms with Gasteiger partial charge in [-0.25, -0.2) is 13.2 Å². The van der Waals surface area contributed by atoms with E-state index in [0.717, 1.165) is 24.3 Å². The van der Waals surface area contributed by atoms with E-state index in [0.29, 0.717) is 6.42 Å². The summed E-state index contributed by atoms with van der Waals surface area (Å²) in [6.07, 6.45) is -4.14. The maximum Gasteiger partial charge on any atom is 0.416 e. The molecule has 1 saturated heterocycles. The van der Waals surface area contributed by atoms with Gasteiger partial charge in [0.15, 0.2) is 9.84 Å². The van der Waals surface area contributed by atoms with Gasteiger partial charge < -0.3 is 16.0 Å². The Morgan fingerprint density at radius 3 is 2.32 bits per heavy atom. The molecule has 11 heteroatoms. The van der Waals surface area contributed by atoms with Gasteiger partial charge in [-0.1, -0.05) is 0 Å². The predicted molar refractivity (Wildman–Crippen MR) is 83.7 cm³/mol. The van der Waals surface area contributed by atoms with E-state index in [1.165, 1.54) is 0 Å². The maximum absolute atomic E-state index is 12.4. The monoisotopic (exact) mass is 379 g/mol. The number of nitrogens with one attached hydrogen (secondary N) is 3. The number of carbonyl (C=O) groups is 2. The summed E-state index contributed by atoms with van der Waals surface area (Å²) in [6, 6.07) is 2.58. The van der Waals surface area contributed by atoms with Crippen LogP contribution < -0.4 is 16.0 Å². The number of alkyl halides is 3. The van der Waals surface area contributed by atoms with Gasteiger partial charge in [-0.2, -0.15) is 13.2 Å². The first kappa shape index (κ1) is 19.0.